The zero-order chi connectivity index (χ0) is 12.3. The molecule has 0 aliphatic carbocycles. The Balaban J connectivity index is 2.50. The van der Waals surface area contributed by atoms with Crippen LogP contribution in [-0.2, 0) is 13.0 Å². The number of imidazole rings is 1. The zero-order valence-corrected chi connectivity index (χ0v) is 10.3. The smallest absolute Gasteiger partial charge is 0.111 e. The lowest BCUT2D eigenvalue weighted by Crippen LogP contribution is -2.14. The van der Waals surface area contributed by atoms with Crippen LogP contribution in [0.25, 0.3) is 11.0 Å². The zero-order valence-electron chi connectivity index (χ0n) is 10.3. The minimum Gasteiger partial charge on any atom is -0.319 e. The van der Waals surface area contributed by atoms with Crippen molar-refractivity contribution >= 4 is 11.0 Å². The molecule has 0 spiro atoms. The molecule has 0 fully saturated rings. The van der Waals surface area contributed by atoms with Crippen LogP contribution in [0, 0.1) is 19.3 Å². The molecule has 17 heavy (non-hydrogen) atoms. The number of hydrogen-bond donors (Lipinski definition) is 1. The highest BCUT2D eigenvalue weighted by atomic mass is 15.1. The predicted molar refractivity (Wildman–Crippen MR) is 70.9 cm³/mol. The van der Waals surface area contributed by atoms with Crippen LogP contribution in [0.1, 0.15) is 11.4 Å². The summed E-state index contributed by atoms with van der Waals surface area (Å²) in [6, 6.07) is 6.29. The van der Waals surface area contributed by atoms with Crippen molar-refractivity contribution in [3.8, 4) is 12.3 Å². The van der Waals surface area contributed by atoms with Gasteiger partial charge in [-0.2, -0.15) is 0 Å². The molecule has 1 heterocycles. The van der Waals surface area contributed by atoms with Crippen LogP contribution < -0.4 is 5.32 Å². The van der Waals surface area contributed by atoms with E-state index in [-0.39, 0.29) is 0 Å². The van der Waals surface area contributed by atoms with E-state index in [0.29, 0.717) is 6.54 Å². The monoisotopic (exact) mass is 227 g/mol. The molecule has 0 saturated heterocycles. The SMILES string of the molecule is C#CCn1c(CCNC)nc2cc(C)ccc21. The van der Waals surface area contributed by atoms with Crippen LogP contribution in [0.3, 0.4) is 0 Å². The molecule has 0 saturated carbocycles. The Morgan fingerprint density at radius 1 is 1.47 bits per heavy atom. The van der Waals surface area contributed by atoms with E-state index >= 15 is 0 Å². The summed E-state index contributed by atoms with van der Waals surface area (Å²) in [6.07, 6.45) is 6.32. The van der Waals surface area contributed by atoms with Gasteiger partial charge >= 0.3 is 0 Å². The third kappa shape index (κ3) is 2.32. The molecule has 1 aromatic carbocycles. The van der Waals surface area contributed by atoms with E-state index in [2.05, 4.69) is 45.9 Å². The van der Waals surface area contributed by atoms with Crippen LogP contribution >= 0.6 is 0 Å². The van der Waals surface area contributed by atoms with Crippen molar-refractivity contribution in [2.24, 2.45) is 0 Å². The number of nitrogens with one attached hydrogen (secondary N) is 1. The number of benzene rings is 1. The predicted octanol–water partition coefficient (Wildman–Crippen LogP) is 1.74. The highest BCUT2D eigenvalue weighted by Crippen LogP contribution is 2.17. The number of hydrogen-bond acceptors (Lipinski definition) is 2. The van der Waals surface area contributed by atoms with Gasteiger partial charge in [0.05, 0.1) is 17.6 Å². The Morgan fingerprint density at radius 2 is 2.29 bits per heavy atom. The molecule has 0 bridgehead atoms. The van der Waals surface area contributed by atoms with E-state index < -0.39 is 0 Å². The second-order valence-corrected chi connectivity index (χ2v) is 4.16. The van der Waals surface area contributed by atoms with E-state index in [1.54, 1.807) is 0 Å². The lowest BCUT2D eigenvalue weighted by molar-refractivity contribution is 0.709. The number of aromatic nitrogens is 2. The molecular weight excluding hydrogens is 210 g/mol. The van der Waals surface area contributed by atoms with E-state index in [9.17, 15) is 0 Å². The van der Waals surface area contributed by atoms with Gasteiger partial charge in [0.15, 0.2) is 0 Å². The quantitative estimate of drug-likeness (QED) is 0.806. The van der Waals surface area contributed by atoms with Crippen molar-refractivity contribution in [2.45, 2.75) is 19.9 Å². The van der Waals surface area contributed by atoms with E-state index in [0.717, 1.165) is 29.8 Å². The van der Waals surface area contributed by atoms with Gasteiger partial charge in [0.25, 0.3) is 0 Å². The highest BCUT2D eigenvalue weighted by Gasteiger charge is 2.09. The summed E-state index contributed by atoms with van der Waals surface area (Å²) in [6.45, 7) is 3.57. The Bertz CT molecular complexity index is 561. The van der Waals surface area contributed by atoms with Gasteiger partial charge in [-0.3, -0.25) is 0 Å². The molecule has 0 atom stereocenters. The minimum atomic E-state index is 0.582. The fourth-order valence-electron chi connectivity index (χ4n) is 1.99. The maximum absolute atomic E-state index is 5.42. The van der Waals surface area contributed by atoms with Crippen molar-refractivity contribution < 1.29 is 0 Å². The summed E-state index contributed by atoms with van der Waals surface area (Å²) in [5.74, 6) is 3.75. The Kier molecular flexibility index (Phi) is 3.46. The summed E-state index contributed by atoms with van der Waals surface area (Å²) < 4.78 is 2.12. The van der Waals surface area contributed by atoms with E-state index in [1.165, 1.54) is 5.56 Å². The van der Waals surface area contributed by atoms with Gasteiger partial charge in [0.1, 0.15) is 5.82 Å². The first-order chi connectivity index (χ1) is 8.26. The molecule has 2 aromatic rings. The molecule has 1 aromatic heterocycles. The molecule has 0 amide bonds. The lowest BCUT2D eigenvalue weighted by atomic mass is 10.2. The highest BCUT2D eigenvalue weighted by molar-refractivity contribution is 5.77. The first-order valence-electron chi connectivity index (χ1n) is 5.80. The van der Waals surface area contributed by atoms with Crippen LogP contribution in [-0.4, -0.2) is 23.1 Å². The largest absolute Gasteiger partial charge is 0.319 e. The number of rotatable bonds is 4. The normalized spacial score (nSPS) is 10.6. The minimum absolute atomic E-state index is 0.582. The van der Waals surface area contributed by atoms with Gasteiger partial charge in [0, 0.05) is 13.0 Å². The second kappa shape index (κ2) is 5.03. The van der Waals surface area contributed by atoms with E-state index in [1.807, 2.05) is 7.05 Å². The molecule has 3 nitrogen and oxygen atoms in total. The third-order valence-corrected chi connectivity index (χ3v) is 2.83. The standard InChI is InChI=1S/C14H17N3/c1-4-9-17-13-6-5-11(2)10-12(13)16-14(17)7-8-15-3/h1,5-6,10,15H,7-9H2,2-3H3. The summed E-state index contributed by atoms with van der Waals surface area (Å²) in [7, 11) is 1.94. The second-order valence-electron chi connectivity index (χ2n) is 4.16. The van der Waals surface area contributed by atoms with E-state index in [4.69, 9.17) is 6.42 Å². The number of aryl methyl sites for hydroxylation is 1. The van der Waals surface area contributed by atoms with Gasteiger partial charge in [0.2, 0.25) is 0 Å². The van der Waals surface area contributed by atoms with Gasteiger partial charge in [-0.05, 0) is 31.7 Å². The average Bonchev–Trinajstić information content (AvgIpc) is 2.64. The Labute approximate surface area is 102 Å². The molecule has 1 N–H and O–H groups in total. The fourth-order valence-corrected chi connectivity index (χ4v) is 1.99. The van der Waals surface area contributed by atoms with Crippen molar-refractivity contribution in [3.05, 3.63) is 29.6 Å². The third-order valence-electron chi connectivity index (χ3n) is 2.83. The van der Waals surface area contributed by atoms with Crippen molar-refractivity contribution in [3.63, 3.8) is 0 Å². The van der Waals surface area contributed by atoms with Gasteiger partial charge in [-0.15, -0.1) is 6.42 Å². The summed E-state index contributed by atoms with van der Waals surface area (Å²) in [4.78, 5) is 4.66. The Hall–Kier alpha value is -1.79. The first kappa shape index (κ1) is 11.7. The van der Waals surface area contributed by atoms with Gasteiger partial charge in [-0.1, -0.05) is 12.0 Å². The molecule has 3 heteroatoms. The van der Waals surface area contributed by atoms with Gasteiger partial charge < -0.3 is 9.88 Å². The molecule has 0 aliphatic heterocycles. The topological polar surface area (TPSA) is 29.9 Å². The van der Waals surface area contributed by atoms with Gasteiger partial charge in [-0.25, -0.2) is 4.98 Å². The van der Waals surface area contributed by atoms with Crippen LogP contribution in [0.15, 0.2) is 18.2 Å². The summed E-state index contributed by atoms with van der Waals surface area (Å²) in [5, 5.41) is 3.14. The fraction of sp³-hybridized carbons (Fsp3) is 0.357. The lowest BCUT2D eigenvalue weighted by Gasteiger charge is -2.04. The van der Waals surface area contributed by atoms with Crippen molar-refractivity contribution in [1.29, 1.82) is 0 Å². The molecular formula is C14H17N3. The maximum Gasteiger partial charge on any atom is 0.111 e. The molecule has 0 radical (unpaired) electrons. The molecule has 0 aliphatic rings. The average molecular weight is 227 g/mol. The number of terminal acetylenes is 1. The maximum atomic E-state index is 5.42. The summed E-state index contributed by atoms with van der Waals surface area (Å²) >= 11 is 0. The molecule has 88 valence electrons. The first-order valence-corrected chi connectivity index (χ1v) is 5.80. The van der Waals surface area contributed by atoms with Crippen LogP contribution in [0.4, 0.5) is 0 Å². The summed E-state index contributed by atoms with van der Waals surface area (Å²) in [5.41, 5.74) is 3.38. The number of likely N-dealkylation sites (N-methyl/N-ethyl adjacent to an activating group) is 1. The molecule has 2 rings (SSSR count). The van der Waals surface area contributed by atoms with Crippen LogP contribution in [0.2, 0.25) is 0 Å². The Morgan fingerprint density at radius 3 is 3.00 bits per heavy atom. The van der Waals surface area contributed by atoms with Crippen molar-refractivity contribution in [2.75, 3.05) is 13.6 Å². The van der Waals surface area contributed by atoms with Crippen molar-refractivity contribution in [1.82, 2.24) is 14.9 Å². The molecule has 0 unspecified atom stereocenters. The van der Waals surface area contributed by atoms with Crippen LogP contribution in [0.5, 0.6) is 0 Å². The number of fused-ring (bicyclic) bond motifs is 1. The number of nitrogens with zero attached hydrogens (tertiary/aromatic N) is 2.